The summed E-state index contributed by atoms with van der Waals surface area (Å²) in [5, 5.41) is 2.92. The number of rotatable bonds is 8. The van der Waals surface area contributed by atoms with Crippen LogP contribution in [-0.4, -0.2) is 64.6 Å². The number of benzene rings is 2. The van der Waals surface area contributed by atoms with Crippen LogP contribution in [0.25, 0.3) is 0 Å². The molecule has 1 aliphatic carbocycles. The molecule has 1 saturated carbocycles. The van der Waals surface area contributed by atoms with E-state index in [2.05, 4.69) is 14.9 Å². The average molecular weight is 532 g/mol. The number of halogens is 1. The average Bonchev–Trinajstić information content (AvgIpc) is 3.53. The van der Waals surface area contributed by atoms with Crippen LogP contribution in [0.5, 0.6) is 5.75 Å². The van der Waals surface area contributed by atoms with Crippen molar-refractivity contribution >= 4 is 27.6 Å². The van der Waals surface area contributed by atoms with Crippen LogP contribution < -0.4 is 14.8 Å². The number of hydrogen-bond acceptors (Lipinski definition) is 7. The fourth-order valence-corrected chi connectivity index (χ4v) is 6.57. The van der Waals surface area contributed by atoms with E-state index in [1.807, 2.05) is 6.92 Å². The Bertz CT molecular complexity index is 1350. The van der Waals surface area contributed by atoms with Crippen LogP contribution in [0.2, 0.25) is 0 Å². The number of likely N-dealkylation sites (tertiary alicyclic amines) is 1. The van der Waals surface area contributed by atoms with Crippen molar-refractivity contribution in [3.8, 4) is 5.75 Å². The van der Waals surface area contributed by atoms with Gasteiger partial charge in [-0.3, -0.25) is 9.52 Å². The largest absolute Gasteiger partial charge is 0.492 e. The van der Waals surface area contributed by atoms with Crippen molar-refractivity contribution in [1.82, 2.24) is 10.2 Å². The van der Waals surface area contributed by atoms with Crippen LogP contribution in [0.15, 0.2) is 35.2 Å². The minimum Gasteiger partial charge on any atom is -0.492 e. The van der Waals surface area contributed by atoms with E-state index in [-0.39, 0.29) is 46.0 Å². The molecule has 0 radical (unpaired) electrons. The second kappa shape index (κ2) is 9.94. The number of esters is 1. The molecule has 1 amide bonds. The highest BCUT2D eigenvalue weighted by Gasteiger charge is 2.45. The lowest BCUT2D eigenvalue weighted by molar-refractivity contribution is -0.121. The van der Waals surface area contributed by atoms with E-state index in [1.54, 1.807) is 6.07 Å². The van der Waals surface area contributed by atoms with Crippen LogP contribution in [0.3, 0.4) is 0 Å². The molecule has 2 fully saturated rings. The number of amides is 1. The summed E-state index contributed by atoms with van der Waals surface area (Å²) in [4.78, 5) is 27.4. The maximum absolute atomic E-state index is 14.1. The minimum atomic E-state index is -4.31. The second-order valence-corrected chi connectivity index (χ2v) is 11.4. The van der Waals surface area contributed by atoms with E-state index in [0.717, 1.165) is 56.2 Å². The Morgan fingerprint density at radius 1 is 1.24 bits per heavy atom. The van der Waals surface area contributed by atoms with Gasteiger partial charge in [-0.15, -0.1) is 0 Å². The van der Waals surface area contributed by atoms with Crippen LogP contribution in [0.1, 0.15) is 47.2 Å². The van der Waals surface area contributed by atoms with Crippen molar-refractivity contribution < 1.29 is 31.9 Å². The Hall–Kier alpha value is -3.18. The molecule has 2 N–H and O–H groups in total. The van der Waals surface area contributed by atoms with Crippen molar-refractivity contribution in [3.05, 3.63) is 52.8 Å². The smallest absolute Gasteiger partial charge is 0.343 e. The first-order valence-electron chi connectivity index (χ1n) is 12.4. The third kappa shape index (κ3) is 5.15. The zero-order valence-corrected chi connectivity index (χ0v) is 21.6. The summed E-state index contributed by atoms with van der Waals surface area (Å²) in [7, 11) is -3.10. The standard InChI is InChI=1S/C26H30FN3O6S/c1-3-30-9-8-18(13-30)28-23(31)12-15-10-17(27)4-7-22(15)37(33,34)29-21-6-5-19-20-11-16(20)14-36-25(19)24(21)26(32)35-2/h4-7,10,16,18,20,29H,3,8-9,11-14H2,1-2H3,(H,28,31)/t16?,18-,20?/m0/s1. The molecular weight excluding hydrogens is 501 g/mol. The highest BCUT2D eigenvalue weighted by atomic mass is 32.2. The molecule has 2 aliphatic heterocycles. The predicted octanol–water partition coefficient (Wildman–Crippen LogP) is 2.66. The maximum atomic E-state index is 14.1. The lowest BCUT2D eigenvalue weighted by Crippen LogP contribution is -2.38. The predicted molar refractivity (Wildman–Crippen MR) is 134 cm³/mol. The Labute approximate surface area is 215 Å². The van der Waals surface area contributed by atoms with Gasteiger partial charge in [0.25, 0.3) is 10.0 Å². The molecule has 0 spiro atoms. The van der Waals surface area contributed by atoms with Gasteiger partial charge in [0.1, 0.15) is 17.1 Å². The molecule has 2 unspecified atom stereocenters. The van der Waals surface area contributed by atoms with Crippen LogP contribution in [0, 0.1) is 11.7 Å². The molecule has 0 aromatic heterocycles. The van der Waals surface area contributed by atoms with Gasteiger partial charge >= 0.3 is 5.97 Å². The number of hydrogen-bond donors (Lipinski definition) is 2. The summed E-state index contributed by atoms with van der Waals surface area (Å²) in [5.41, 5.74) is 0.865. The molecule has 198 valence electrons. The number of likely N-dealkylation sites (N-methyl/N-ethyl adjacent to an activating group) is 1. The van der Waals surface area contributed by atoms with Gasteiger partial charge in [0, 0.05) is 25.0 Å². The summed E-state index contributed by atoms with van der Waals surface area (Å²) in [5.74, 6) is -0.767. The molecule has 5 rings (SSSR count). The van der Waals surface area contributed by atoms with E-state index < -0.39 is 21.8 Å². The van der Waals surface area contributed by atoms with Gasteiger partial charge in [-0.05, 0) is 60.7 Å². The Morgan fingerprint density at radius 2 is 2.05 bits per heavy atom. The minimum absolute atomic E-state index is 0.00274. The number of fused-ring (bicyclic) bond motifs is 3. The third-order valence-corrected chi connectivity index (χ3v) is 8.80. The van der Waals surface area contributed by atoms with Crippen molar-refractivity contribution in [2.75, 3.05) is 38.1 Å². The summed E-state index contributed by atoms with van der Waals surface area (Å²) in [6, 6.07) is 6.42. The van der Waals surface area contributed by atoms with Gasteiger partial charge < -0.3 is 19.7 Å². The molecule has 11 heteroatoms. The van der Waals surface area contributed by atoms with Gasteiger partial charge in [0.15, 0.2) is 0 Å². The molecule has 2 aromatic carbocycles. The number of carbonyl (C=O) groups excluding carboxylic acids is 2. The first-order chi connectivity index (χ1) is 17.7. The number of anilines is 1. The molecule has 1 saturated heterocycles. The van der Waals surface area contributed by atoms with Crippen molar-refractivity contribution in [3.63, 3.8) is 0 Å². The van der Waals surface area contributed by atoms with E-state index >= 15 is 0 Å². The van der Waals surface area contributed by atoms with E-state index in [9.17, 15) is 22.4 Å². The number of sulfonamides is 1. The van der Waals surface area contributed by atoms with Crippen molar-refractivity contribution in [2.24, 2.45) is 5.92 Å². The number of nitrogens with one attached hydrogen (secondary N) is 2. The number of carbonyl (C=O) groups is 2. The molecule has 9 nitrogen and oxygen atoms in total. The lowest BCUT2D eigenvalue weighted by atomic mass is 10.0. The highest BCUT2D eigenvalue weighted by Crippen LogP contribution is 2.55. The normalized spacial score (nSPS) is 22.4. The Morgan fingerprint density at radius 3 is 2.78 bits per heavy atom. The summed E-state index contributed by atoms with van der Waals surface area (Å²) >= 11 is 0. The molecule has 2 heterocycles. The first-order valence-corrected chi connectivity index (χ1v) is 13.9. The maximum Gasteiger partial charge on any atom is 0.343 e. The van der Waals surface area contributed by atoms with Gasteiger partial charge in [-0.1, -0.05) is 13.0 Å². The van der Waals surface area contributed by atoms with E-state index in [0.29, 0.717) is 18.3 Å². The van der Waals surface area contributed by atoms with Crippen LogP contribution in [-0.2, 0) is 26.0 Å². The van der Waals surface area contributed by atoms with E-state index in [1.165, 1.54) is 13.2 Å². The number of ether oxygens (including phenoxy) is 2. The van der Waals surface area contributed by atoms with Crippen molar-refractivity contribution in [1.29, 1.82) is 0 Å². The third-order valence-electron chi connectivity index (χ3n) is 7.33. The SMILES string of the molecule is CCN1CC[C@H](NC(=O)Cc2cc(F)ccc2S(=O)(=O)Nc2ccc3c(c2C(=O)OC)OCC2CC32)C1. The first kappa shape index (κ1) is 25.5. The quantitative estimate of drug-likeness (QED) is 0.504. The second-order valence-electron chi connectivity index (χ2n) is 9.79. The Kier molecular flexibility index (Phi) is 6.84. The van der Waals surface area contributed by atoms with Gasteiger partial charge in [-0.2, -0.15) is 0 Å². The van der Waals surface area contributed by atoms with Gasteiger partial charge in [-0.25, -0.2) is 17.6 Å². The topological polar surface area (TPSA) is 114 Å². The molecule has 3 atom stereocenters. The number of nitrogens with zero attached hydrogens (tertiary/aromatic N) is 1. The highest BCUT2D eigenvalue weighted by molar-refractivity contribution is 7.92. The lowest BCUT2D eigenvalue weighted by Gasteiger charge is -2.22. The molecule has 2 aromatic rings. The van der Waals surface area contributed by atoms with Gasteiger partial charge in [0.2, 0.25) is 5.91 Å². The summed E-state index contributed by atoms with van der Waals surface area (Å²) < 4.78 is 54.3. The summed E-state index contributed by atoms with van der Waals surface area (Å²) in [6.45, 7) is 4.97. The zero-order chi connectivity index (χ0) is 26.3. The fraction of sp³-hybridized carbons (Fsp3) is 0.462. The Balaban J connectivity index is 1.41. The van der Waals surface area contributed by atoms with E-state index in [4.69, 9.17) is 9.47 Å². The molecule has 0 bridgehead atoms. The number of methoxy groups -OCH3 is 1. The monoisotopic (exact) mass is 531 g/mol. The molecular formula is C26H30FN3O6S. The van der Waals surface area contributed by atoms with Crippen LogP contribution >= 0.6 is 0 Å². The molecule has 3 aliphatic rings. The van der Waals surface area contributed by atoms with Gasteiger partial charge in [0.05, 0.1) is 30.7 Å². The van der Waals surface area contributed by atoms with Crippen molar-refractivity contribution in [2.45, 2.75) is 43.0 Å². The molecule has 37 heavy (non-hydrogen) atoms. The zero-order valence-electron chi connectivity index (χ0n) is 20.8. The fourth-order valence-electron chi connectivity index (χ4n) is 5.28. The van der Waals surface area contributed by atoms with Crippen LogP contribution in [0.4, 0.5) is 10.1 Å². The summed E-state index contributed by atoms with van der Waals surface area (Å²) in [6.07, 6.45) is 1.45.